The van der Waals surface area contributed by atoms with E-state index in [1.807, 2.05) is 0 Å². The van der Waals surface area contributed by atoms with Crippen molar-refractivity contribution in [3.8, 4) is 0 Å². The molecule has 0 aliphatic heterocycles. The number of nitrogens with one attached hydrogen (secondary N) is 1. The maximum absolute atomic E-state index is 13.2. The van der Waals surface area contributed by atoms with Crippen molar-refractivity contribution in [3.63, 3.8) is 0 Å². The third-order valence-electron chi connectivity index (χ3n) is 4.22. The minimum atomic E-state index is -4.05. The van der Waals surface area contributed by atoms with Crippen molar-refractivity contribution in [2.45, 2.75) is 11.4 Å². The molecule has 3 rings (SSSR count). The van der Waals surface area contributed by atoms with Gasteiger partial charge in [0.15, 0.2) is 0 Å². The number of hydrazone groups is 1. The van der Waals surface area contributed by atoms with E-state index in [-0.39, 0.29) is 16.5 Å². The molecule has 0 spiro atoms. The largest absolute Gasteiger partial charge is 0.272 e. The predicted molar refractivity (Wildman–Crippen MR) is 125 cm³/mol. The van der Waals surface area contributed by atoms with Gasteiger partial charge in [-0.1, -0.05) is 46.9 Å². The fourth-order valence-electron chi connectivity index (χ4n) is 2.65. The van der Waals surface area contributed by atoms with Crippen molar-refractivity contribution in [1.82, 2.24) is 14.7 Å². The van der Waals surface area contributed by atoms with Crippen molar-refractivity contribution in [2.75, 3.05) is 6.54 Å². The molecule has 7 nitrogen and oxygen atoms in total. The molecule has 0 saturated carbocycles. The maximum Gasteiger partial charge on any atom is 0.255 e. The number of benzene rings is 2. The Balaban J connectivity index is 1.83. The first-order valence-corrected chi connectivity index (χ1v) is 11.7. The van der Waals surface area contributed by atoms with Gasteiger partial charge in [-0.25, -0.2) is 13.8 Å². The molecule has 3 aromatic rings. The number of amides is 1. The van der Waals surface area contributed by atoms with Crippen LogP contribution < -0.4 is 5.43 Å². The second-order valence-corrected chi connectivity index (χ2v) is 9.76. The molecule has 2 aromatic carbocycles. The van der Waals surface area contributed by atoms with E-state index in [0.717, 1.165) is 4.31 Å². The molecule has 1 amide bonds. The highest BCUT2D eigenvalue weighted by molar-refractivity contribution is 7.89. The number of carbonyl (C=O) groups is 1. The summed E-state index contributed by atoms with van der Waals surface area (Å²) in [4.78, 5) is 16.4. The Kier molecular flexibility index (Phi) is 8.22. The molecule has 0 aliphatic rings. The molecule has 0 radical (unpaired) electrons. The van der Waals surface area contributed by atoms with Crippen molar-refractivity contribution >= 4 is 56.9 Å². The number of nitrogens with zero attached hydrogens (tertiary/aromatic N) is 3. The van der Waals surface area contributed by atoms with Crippen LogP contribution in [0.2, 0.25) is 15.1 Å². The summed E-state index contributed by atoms with van der Waals surface area (Å²) in [5.41, 5.74) is 3.48. The van der Waals surface area contributed by atoms with Crippen LogP contribution in [0.15, 0.2) is 77.0 Å². The van der Waals surface area contributed by atoms with Gasteiger partial charge in [-0.05, 0) is 48.0 Å². The molecule has 0 saturated heterocycles. The minimum absolute atomic E-state index is 0.0151. The Bertz CT molecular complexity index is 1220. The van der Waals surface area contributed by atoms with Crippen LogP contribution in [0.3, 0.4) is 0 Å². The third-order valence-corrected chi connectivity index (χ3v) is 6.87. The maximum atomic E-state index is 13.2. The van der Waals surface area contributed by atoms with E-state index < -0.39 is 22.5 Å². The third kappa shape index (κ3) is 6.51. The molecule has 0 atom stereocenters. The number of halogens is 3. The molecule has 11 heteroatoms. The highest BCUT2D eigenvalue weighted by Crippen LogP contribution is 2.25. The van der Waals surface area contributed by atoms with Crippen LogP contribution >= 0.6 is 34.8 Å². The van der Waals surface area contributed by atoms with Gasteiger partial charge in [-0.2, -0.15) is 9.41 Å². The lowest BCUT2D eigenvalue weighted by Gasteiger charge is -2.22. The summed E-state index contributed by atoms with van der Waals surface area (Å²) in [5.74, 6) is -0.632. The lowest BCUT2D eigenvalue weighted by Crippen LogP contribution is -2.39. The smallest absolute Gasteiger partial charge is 0.255 e. The van der Waals surface area contributed by atoms with Gasteiger partial charge >= 0.3 is 0 Å². The van der Waals surface area contributed by atoms with Gasteiger partial charge in [0.1, 0.15) is 0 Å². The van der Waals surface area contributed by atoms with Gasteiger partial charge in [-0.15, -0.1) is 0 Å². The van der Waals surface area contributed by atoms with E-state index in [2.05, 4.69) is 15.5 Å². The van der Waals surface area contributed by atoms with Crippen molar-refractivity contribution in [1.29, 1.82) is 0 Å². The zero-order chi connectivity index (χ0) is 23.1. The molecular formula is C21H17Cl3N4O3S. The first-order valence-electron chi connectivity index (χ1n) is 9.17. The fourth-order valence-corrected chi connectivity index (χ4v) is 4.62. The van der Waals surface area contributed by atoms with E-state index in [9.17, 15) is 13.2 Å². The summed E-state index contributed by atoms with van der Waals surface area (Å²) in [7, 11) is -4.05. The Labute approximate surface area is 200 Å². The van der Waals surface area contributed by atoms with Gasteiger partial charge in [0, 0.05) is 39.6 Å². The van der Waals surface area contributed by atoms with Gasteiger partial charge in [0.25, 0.3) is 5.91 Å². The standard InChI is InChI=1S/C21H17Cl3N4O3S/c22-17-5-7-19(8-6-17)32(30,31)28(13-16-3-4-18(23)10-20(16)24)14-21(29)27-26-12-15-2-1-9-25-11-15/h1-12H,13-14H2,(H,27,29)/b26-12-. The monoisotopic (exact) mass is 510 g/mol. The van der Waals surface area contributed by atoms with Gasteiger partial charge in [0.2, 0.25) is 10.0 Å². The van der Waals surface area contributed by atoms with Crippen molar-refractivity contribution in [3.05, 3.63) is 93.2 Å². The second kappa shape index (κ2) is 10.9. The Morgan fingerprint density at radius 2 is 1.78 bits per heavy atom. The molecule has 1 aromatic heterocycles. The van der Waals surface area contributed by atoms with Crippen molar-refractivity contribution in [2.24, 2.45) is 5.10 Å². The highest BCUT2D eigenvalue weighted by Gasteiger charge is 2.27. The quantitative estimate of drug-likeness (QED) is 0.359. The molecule has 0 bridgehead atoms. The lowest BCUT2D eigenvalue weighted by molar-refractivity contribution is -0.121. The predicted octanol–water partition coefficient (Wildman–Crippen LogP) is 4.38. The van der Waals surface area contributed by atoms with Gasteiger partial charge < -0.3 is 0 Å². The van der Waals surface area contributed by atoms with E-state index in [1.165, 1.54) is 36.5 Å². The summed E-state index contributed by atoms with van der Waals surface area (Å²) in [5, 5.41) is 4.93. The molecule has 166 valence electrons. The number of aromatic nitrogens is 1. The highest BCUT2D eigenvalue weighted by atomic mass is 35.5. The van der Waals surface area contributed by atoms with Gasteiger partial charge in [-0.3, -0.25) is 9.78 Å². The zero-order valence-electron chi connectivity index (χ0n) is 16.5. The average molecular weight is 512 g/mol. The van der Waals surface area contributed by atoms with Crippen LogP contribution in [0.25, 0.3) is 0 Å². The first kappa shape index (κ1) is 24.2. The Hall–Kier alpha value is -2.49. The van der Waals surface area contributed by atoms with Crippen LogP contribution in [0.1, 0.15) is 11.1 Å². The molecule has 1 N–H and O–H groups in total. The molecule has 0 unspecified atom stereocenters. The molecule has 0 aliphatic carbocycles. The lowest BCUT2D eigenvalue weighted by atomic mass is 10.2. The molecule has 1 heterocycles. The summed E-state index contributed by atoms with van der Waals surface area (Å²) < 4.78 is 27.5. The van der Waals surface area contributed by atoms with E-state index in [4.69, 9.17) is 34.8 Å². The minimum Gasteiger partial charge on any atom is -0.272 e. The van der Waals surface area contributed by atoms with E-state index in [0.29, 0.717) is 21.2 Å². The number of hydrogen-bond acceptors (Lipinski definition) is 5. The van der Waals surface area contributed by atoms with Gasteiger partial charge in [0.05, 0.1) is 17.7 Å². The topological polar surface area (TPSA) is 91.7 Å². The van der Waals surface area contributed by atoms with Crippen molar-refractivity contribution < 1.29 is 13.2 Å². The average Bonchev–Trinajstić information content (AvgIpc) is 2.76. The van der Waals surface area contributed by atoms with E-state index in [1.54, 1.807) is 36.7 Å². The number of pyridine rings is 1. The normalized spacial score (nSPS) is 11.8. The summed E-state index contributed by atoms with van der Waals surface area (Å²) in [6.45, 7) is -0.644. The molecular weight excluding hydrogens is 495 g/mol. The second-order valence-electron chi connectivity index (χ2n) is 6.54. The van der Waals surface area contributed by atoms with Crippen LogP contribution in [0.4, 0.5) is 0 Å². The van der Waals surface area contributed by atoms with Crippen LogP contribution in [-0.2, 0) is 21.4 Å². The number of sulfonamides is 1. The summed E-state index contributed by atoms with van der Waals surface area (Å²) in [6, 6.07) is 13.8. The van der Waals surface area contributed by atoms with Crippen LogP contribution in [0, 0.1) is 0 Å². The first-order chi connectivity index (χ1) is 15.3. The Morgan fingerprint density at radius 3 is 2.44 bits per heavy atom. The number of hydrogen-bond donors (Lipinski definition) is 1. The number of rotatable bonds is 8. The van der Waals surface area contributed by atoms with Crippen LogP contribution in [0.5, 0.6) is 0 Å². The summed E-state index contributed by atoms with van der Waals surface area (Å²) >= 11 is 18.0. The van der Waals surface area contributed by atoms with Crippen LogP contribution in [-0.4, -0.2) is 36.4 Å². The summed E-state index contributed by atoms with van der Waals surface area (Å²) in [6.07, 6.45) is 4.58. The van der Waals surface area contributed by atoms with E-state index >= 15 is 0 Å². The zero-order valence-corrected chi connectivity index (χ0v) is 19.5. The molecule has 0 fully saturated rings. The Morgan fingerprint density at radius 1 is 1.06 bits per heavy atom. The fraction of sp³-hybridized carbons (Fsp3) is 0.0952. The SMILES string of the molecule is O=C(CN(Cc1ccc(Cl)cc1Cl)S(=O)(=O)c1ccc(Cl)cc1)N/N=C\c1cccnc1. The number of carbonyl (C=O) groups excluding carboxylic acids is 1. The molecule has 32 heavy (non-hydrogen) atoms.